The first-order chi connectivity index (χ1) is 4.83. The molecule has 0 unspecified atom stereocenters. The molecule has 0 saturated carbocycles. The van der Waals surface area contributed by atoms with Crippen LogP contribution in [0.3, 0.4) is 0 Å². The molecule has 1 aromatic rings. The van der Waals surface area contributed by atoms with Crippen LogP contribution in [0.25, 0.3) is 0 Å². The summed E-state index contributed by atoms with van der Waals surface area (Å²) in [6.45, 7) is 0.724. The topological polar surface area (TPSA) is 26.0 Å². The van der Waals surface area contributed by atoms with Gasteiger partial charge in [0, 0.05) is 4.47 Å². The zero-order valence-corrected chi connectivity index (χ0v) is 8.49. The highest BCUT2D eigenvalue weighted by molar-refractivity contribution is 9.10. The lowest BCUT2D eigenvalue weighted by atomic mass is 10.2. The summed E-state index contributed by atoms with van der Waals surface area (Å²) < 4.78 is 1.12. The molecule has 0 radical (unpaired) electrons. The second kappa shape index (κ2) is 5.58. The Balaban J connectivity index is 0.000001000. The summed E-state index contributed by atoms with van der Waals surface area (Å²) in [6, 6.07) is 8.23. The molecule has 1 aromatic carbocycles. The molecule has 11 heavy (non-hydrogen) atoms. The SMILES string of the molecule is Cl.NCCc1ccc(Br)cc1. The minimum atomic E-state index is 0. The fourth-order valence-electron chi connectivity index (χ4n) is 0.818. The third-order valence-corrected chi connectivity index (χ3v) is 1.87. The zero-order valence-electron chi connectivity index (χ0n) is 6.09. The largest absolute Gasteiger partial charge is 0.330 e. The van der Waals surface area contributed by atoms with Crippen molar-refractivity contribution in [2.75, 3.05) is 6.54 Å². The van der Waals surface area contributed by atoms with Crippen LogP contribution in [-0.2, 0) is 6.42 Å². The monoisotopic (exact) mass is 235 g/mol. The molecule has 0 aliphatic rings. The van der Waals surface area contributed by atoms with E-state index in [9.17, 15) is 0 Å². The molecule has 0 aromatic heterocycles. The first-order valence-electron chi connectivity index (χ1n) is 3.27. The summed E-state index contributed by atoms with van der Waals surface area (Å²) in [5.74, 6) is 0. The van der Waals surface area contributed by atoms with Crippen molar-refractivity contribution in [3.8, 4) is 0 Å². The van der Waals surface area contributed by atoms with E-state index < -0.39 is 0 Å². The summed E-state index contributed by atoms with van der Waals surface area (Å²) in [4.78, 5) is 0. The maximum Gasteiger partial charge on any atom is 0.0175 e. The van der Waals surface area contributed by atoms with Crippen LogP contribution in [0.1, 0.15) is 5.56 Å². The van der Waals surface area contributed by atoms with Crippen LogP contribution in [0.2, 0.25) is 0 Å². The van der Waals surface area contributed by atoms with Crippen LogP contribution in [0.4, 0.5) is 0 Å². The Morgan fingerprint density at radius 1 is 1.18 bits per heavy atom. The Bertz CT molecular complexity index is 198. The van der Waals surface area contributed by atoms with Crippen LogP contribution in [0.15, 0.2) is 28.7 Å². The molecule has 0 heterocycles. The Labute approximate surface area is 81.5 Å². The van der Waals surface area contributed by atoms with Gasteiger partial charge < -0.3 is 5.73 Å². The van der Waals surface area contributed by atoms with Gasteiger partial charge in [-0.15, -0.1) is 12.4 Å². The van der Waals surface area contributed by atoms with Gasteiger partial charge >= 0.3 is 0 Å². The van der Waals surface area contributed by atoms with Gasteiger partial charge in [0.2, 0.25) is 0 Å². The Kier molecular flexibility index (Phi) is 5.56. The van der Waals surface area contributed by atoms with E-state index in [1.54, 1.807) is 0 Å². The van der Waals surface area contributed by atoms with E-state index >= 15 is 0 Å². The van der Waals surface area contributed by atoms with E-state index in [4.69, 9.17) is 5.73 Å². The summed E-state index contributed by atoms with van der Waals surface area (Å²) in [6.07, 6.45) is 0.966. The number of hydrogen-bond donors (Lipinski definition) is 1. The van der Waals surface area contributed by atoms with Crippen molar-refractivity contribution < 1.29 is 0 Å². The van der Waals surface area contributed by atoms with E-state index in [-0.39, 0.29) is 12.4 Å². The Hall–Kier alpha value is -0.0500. The van der Waals surface area contributed by atoms with E-state index in [0.717, 1.165) is 17.4 Å². The van der Waals surface area contributed by atoms with Crippen molar-refractivity contribution in [3.05, 3.63) is 34.3 Å². The molecular formula is C8H11BrClN. The number of nitrogens with two attached hydrogens (primary N) is 1. The number of halogens is 2. The zero-order chi connectivity index (χ0) is 7.40. The van der Waals surface area contributed by atoms with Gasteiger partial charge in [0.15, 0.2) is 0 Å². The average molecular weight is 237 g/mol. The Morgan fingerprint density at radius 2 is 1.73 bits per heavy atom. The van der Waals surface area contributed by atoms with E-state index in [1.165, 1.54) is 5.56 Å². The van der Waals surface area contributed by atoms with Gasteiger partial charge in [-0.1, -0.05) is 28.1 Å². The average Bonchev–Trinajstić information content (AvgIpc) is 1.95. The molecule has 0 aliphatic heterocycles. The van der Waals surface area contributed by atoms with Gasteiger partial charge in [-0.05, 0) is 30.7 Å². The molecular weight excluding hydrogens is 225 g/mol. The van der Waals surface area contributed by atoms with Crippen molar-refractivity contribution in [1.82, 2.24) is 0 Å². The highest BCUT2D eigenvalue weighted by atomic mass is 79.9. The fraction of sp³-hybridized carbons (Fsp3) is 0.250. The van der Waals surface area contributed by atoms with E-state index in [0.29, 0.717) is 0 Å². The third-order valence-electron chi connectivity index (χ3n) is 1.35. The molecule has 0 aliphatic carbocycles. The lowest BCUT2D eigenvalue weighted by molar-refractivity contribution is 0.968. The first-order valence-corrected chi connectivity index (χ1v) is 4.07. The molecule has 0 fully saturated rings. The molecule has 0 saturated heterocycles. The minimum absolute atomic E-state index is 0. The lowest BCUT2D eigenvalue weighted by Crippen LogP contribution is -2.01. The smallest absolute Gasteiger partial charge is 0.0175 e. The molecule has 0 spiro atoms. The van der Waals surface area contributed by atoms with Gasteiger partial charge in [-0.3, -0.25) is 0 Å². The van der Waals surface area contributed by atoms with Gasteiger partial charge in [-0.25, -0.2) is 0 Å². The molecule has 62 valence electrons. The van der Waals surface area contributed by atoms with Crippen molar-refractivity contribution in [1.29, 1.82) is 0 Å². The maximum absolute atomic E-state index is 5.39. The predicted octanol–water partition coefficient (Wildman–Crippen LogP) is 2.37. The third kappa shape index (κ3) is 3.75. The molecule has 1 nitrogen and oxygen atoms in total. The fourth-order valence-corrected chi connectivity index (χ4v) is 1.08. The molecule has 3 heteroatoms. The molecule has 0 bridgehead atoms. The predicted molar refractivity (Wildman–Crippen MR) is 54.1 cm³/mol. The molecule has 2 N–H and O–H groups in total. The van der Waals surface area contributed by atoms with E-state index in [1.807, 2.05) is 12.1 Å². The van der Waals surface area contributed by atoms with E-state index in [2.05, 4.69) is 28.1 Å². The van der Waals surface area contributed by atoms with Gasteiger partial charge in [0.1, 0.15) is 0 Å². The molecule has 0 atom stereocenters. The van der Waals surface area contributed by atoms with Crippen molar-refractivity contribution in [2.45, 2.75) is 6.42 Å². The van der Waals surface area contributed by atoms with Crippen molar-refractivity contribution in [3.63, 3.8) is 0 Å². The standard InChI is InChI=1S/C8H10BrN.ClH/c9-8-3-1-7(2-4-8)5-6-10;/h1-4H,5-6,10H2;1H. The summed E-state index contributed by atoms with van der Waals surface area (Å²) in [5, 5.41) is 0. The Morgan fingerprint density at radius 3 is 2.18 bits per heavy atom. The van der Waals surface area contributed by atoms with Gasteiger partial charge in [-0.2, -0.15) is 0 Å². The normalized spacial score (nSPS) is 8.91. The first kappa shape index (κ1) is 11.0. The van der Waals surface area contributed by atoms with Crippen LogP contribution < -0.4 is 5.73 Å². The number of hydrogen-bond acceptors (Lipinski definition) is 1. The molecule has 1 rings (SSSR count). The second-order valence-electron chi connectivity index (χ2n) is 2.17. The highest BCUT2D eigenvalue weighted by Gasteiger charge is 1.89. The summed E-state index contributed by atoms with van der Waals surface area (Å²) in [7, 11) is 0. The highest BCUT2D eigenvalue weighted by Crippen LogP contribution is 2.10. The second-order valence-corrected chi connectivity index (χ2v) is 3.08. The van der Waals surface area contributed by atoms with Gasteiger partial charge in [0.25, 0.3) is 0 Å². The van der Waals surface area contributed by atoms with Crippen LogP contribution >= 0.6 is 28.3 Å². The van der Waals surface area contributed by atoms with Gasteiger partial charge in [0.05, 0.1) is 0 Å². The summed E-state index contributed by atoms with van der Waals surface area (Å²) >= 11 is 3.37. The van der Waals surface area contributed by atoms with Crippen molar-refractivity contribution in [2.24, 2.45) is 5.73 Å². The lowest BCUT2D eigenvalue weighted by Gasteiger charge is -1.96. The van der Waals surface area contributed by atoms with Crippen LogP contribution in [-0.4, -0.2) is 6.54 Å². The van der Waals surface area contributed by atoms with Crippen LogP contribution in [0, 0.1) is 0 Å². The minimum Gasteiger partial charge on any atom is -0.330 e. The van der Waals surface area contributed by atoms with Crippen LogP contribution in [0.5, 0.6) is 0 Å². The maximum atomic E-state index is 5.39. The number of benzene rings is 1. The number of rotatable bonds is 2. The summed E-state index contributed by atoms with van der Waals surface area (Å²) in [5.41, 5.74) is 6.68. The quantitative estimate of drug-likeness (QED) is 0.838. The van der Waals surface area contributed by atoms with Crippen molar-refractivity contribution >= 4 is 28.3 Å². The molecule has 0 amide bonds.